The normalized spacial score (nSPS) is 11.4. The minimum absolute atomic E-state index is 0.110. The average Bonchev–Trinajstić information content (AvgIpc) is 2.65. The summed E-state index contributed by atoms with van der Waals surface area (Å²) in [5.41, 5.74) is 1.10. The van der Waals surface area contributed by atoms with Gasteiger partial charge < -0.3 is 14.2 Å². The van der Waals surface area contributed by atoms with E-state index in [2.05, 4.69) is 23.5 Å². The van der Waals surface area contributed by atoms with Crippen LogP contribution in [0.1, 0.15) is 51.0 Å². The van der Waals surface area contributed by atoms with E-state index in [4.69, 9.17) is 9.47 Å². The molecule has 0 unspecified atom stereocenters. The lowest BCUT2D eigenvalue weighted by Crippen LogP contribution is -2.22. The number of hydrogen-bond acceptors (Lipinski definition) is 4. The molecule has 0 heterocycles. The van der Waals surface area contributed by atoms with E-state index in [9.17, 15) is 4.79 Å². The highest BCUT2D eigenvalue weighted by molar-refractivity contribution is 5.70. The van der Waals surface area contributed by atoms with Gasteiger partial charge in [-0.25, -0.2) is 4.79 Å². The van der Waals surface area contributed by atoms with Gasteiger partial charge in [-0.05, 0) is 12.0 Å². The Kier molecular flexibility index (Phi) is 12.3. The Morgan fingerprint density at radius 3 is 2.60 bits per heavy atom. The van der Waals surface area contributed by atoms with Crippen LogP contribution in [0.3, 0.4) is 0 Å². The summed E-state index contributed by atoms with van der Waals surface area (Å²) >= 11 is 0. The molecule has 0 aromatic heterocycles. The van der Waals surface area contributed by atoms with Crippen molar-refractivity contribution in [2.45, 2.75) is 58.2 Å². The molecule has 0 aliphatic heterocycles. The number of hydrogen-bond donors (Lipinski definition) is 0. The molecule has 0 aliphatic carbocycles. The van der Waals surface area contributed by atoms with E-state index in [0.717, 1.165) is 18.4 Å². The highest BCUT2D eigenvalue weighted by Crippen LogP contribution is 2.05. The van der Waals surface area contributed by atoms with Crippen molar-refractivity contribution in [3.63, 3.8) is 0 Å². The molecule has 0 radical (unpaired) electrons. The largest absolute Gasteiger partial charge is 0.467 e. The second-order valence-electron chi connectivity index (χ2n) is 5.86. The summed E-state index contributed by atoms with van der Waals surface area (Å²) in [5, 5.41) is 0. The molecule has 1 rings (SSSR count). The predicted octanol–water partition coefficient (Wildman–Crippen LogP) is 4.13. The van der Waals surface area contributed by atoms with Crippen LogP contribution in [-0.2, 0) is 25.6 Å². The lowest BCUT2D eigenvalue weighted by Gasteiger charge is -2.12. The fourth-order valence-electron chi connectivity index (χ4n) is 2.22. The van der Waals surface area contributed by atoms with Gasteiger partial charge in [0.25, 0.3) is 0 Å². The van der Waals surface area contributed by atoms with Gasteiger partial charge >= 0.3 is 5.97 Å². The summed E-state index contributed by atoms with van der Waals surface area (Å²) in [6.07, 6.45) is 6.53. The van der Waals surface area contributed by atoms with Crippen molar-refractivity contribution in [1.29, 1.82) is 0 Å². The van der Waals surface area contributed by atoms with Crippen molar-refractivity contribution < 1.29 is 19.0 Å². The number of unbranched alkanes of at least 4 members (excludes halogenated alkanes) is 5. The first-order valence-electron chi connectivity index (χ1n) is 9.04. The zero-order valence-corrected chi connectivity index (χ0v) is 15.5. The van der Waals surface area contributed by atoms with E-state index in [1.54, 1.807) is 0 Å². The monoisotopic (exact) mass is 346 g/mol. The van der Waals surface area contributed by atoms with Crippen LogP contribution < -0.4 is 0 Å². The Labute approximate surface area is 151 Å². The minimum Gasteiger partial charge on any atom is -0.467 e. The summed E-state index contributed by atoms with van der Waals surface area (Å²) in [6, 6.07) is 9.93. The molecule has 1 aromatic rings. The SMILES string of the molecule is CCCCCCCC#C[C@H](COCc1ccccc1)OCC(=O)OC. The van der Waals surface area contributed by atoms with Gasteiger partial charge in [-0.3, -0.25) is 0 Å². The van der Waals surface area contributed by atoms with E-state index in [0.29, 0.717) is 13.2 Å². The Hall–Kier alpha value is -1.83. The van der Waals surface area contributed by atoms with Gasteiger partial charge in [0.1, 0.15) is 12.7 Å². The van der Waals surface area contributed by atoms with Crippen LogP contribution in [0.25, 0.3) is 0 Å². The molecule has 0 fully saturated rings. The van der Waals surface area contributed by atoms with E-state index >= 15 is 0 Å². The first kappa shape index (κ1) is 21.2. The standard InChI is InChI=1S/C21H30O4/c1-3-4-5-6-7-8-12-15-20(25-18-21(22)23-2)17-24-16-19-13-10-9-11-14-19/h9-11,13-14,20H,3-8,16-18H2,1-2H3/t20-/m1/s1. The van der Waals surface area contributed by atoms with Crippen LogP contribution in [-0.4, -0.2) is 32.4 Å². The maximum Gasteiger partial charge on any atom is 0.331 e. The molecule has 138 valence electrons. The molecular weight excluding hydrogens is 316 g/mol. The molecule has 0 N–H and O–H groups in total. The average molecular weight is 346 g/mol. The third-order valence-corrected chi connectivity index (χ3v) is 3.68. The number of ether oxygens (including phenoxy) is 3. The molecule has 1 aromatic carbocycles. The summed E-state index contributed by atoms with van der Waals surface area (Å²) in [7, 11) is 1.34. The molecule has 25 heavy (non-hydrogen) atoms. The second-order valence-corrected chi connectivity index (χ2v) is 5.86. The van der Waals surface area contributed by atoms with E-state index in [1.807, 2.05) is 30.3 Å². The van der Waals surface area contributed by atoms with Gasteiger partial charge in [-0.15, -0.1) is 5.92 Å². The number of esters is 1. The molecule has 0 amide bonds. The van der Waals surface area contributed by atoms with Crippen molar-refractivity contribution in [3.05, 3.63) is 35.9 Å². The number of carbonyl (C=O) groups is 1. The summed E-state index contributed by atoms with van der Waals surface area (Å²) in [4.78, 5) is 11.3. The van der Waals surface area contributed by atoms with Crippen molar-refractivity contribution in [2.75, 3.05) is 20.3 Å². The molecule has 4 nitrogen and oxygen atoms in total. The van der Waals surface area contributed by atoms with Crippen molar-refractivity contribution in [2.24, 2.45) is 0 Å². The Morgan fingerprint density at radius 2 is 1.88 bits per heavy atom. The first-order valence-corrected chi connectivity index (χ1v) is 9.04. The molecule has 0 saturated carbocycles. The molecule has 0 saturated heterocycles. The zero-order valence-electron chi connectivity index (χ0n) is 15.5. The summed E-state index contributed by atoms with van der Waals surface area (Å²) < 4.78 is 15.8. The molecule has 0 spiro atoms. The van der Waals surface area contributed by atoms with Gasteiger partial charge in [-0.2, -0.15) is 0 Å². The number of rotatable bonds is 12. The minimum atomic E-state index is -0.418. The van der Waals surface area contributed by atoms with Crippen LogP contribution in [0.5, 0.6) is 0 Å². The van der Waals surface area contributed by atoms with Crippen LogP contribution in [0, 0.1) is 11.8 Å². The molecule has 1 atom stereocenters. The maximum absolute atomic E-state index is 11.3. The third-order valence-electron chi connectivity index (χ3n) is 3.68. The van der Waals surface area contributed by atoms with Gasteiger partial charge in [-0.1, -0.05) is 68.9 Å². The number of methoxy groups -OCH3 is 1. The van der Waals surface area contributed by atoms with Gasteiger partial charge in [0.2, 0.25) is 0 Å². The lowest BCUT2D eigenvalue weighted by atomic mass is 10.1. The topological polar surface area (TPSA) is 44.8 Å². The van der Waals surface area contributed by atoms with Crippen LogP contribution >= 0.6 is 0 Å². The summed E-state index contributed by atoms with van der Waals surface area (Å²) in [6.45, 7) is 2.92. The highest BCUT2D eigenvalue weighted by atomic mass is 16.6. The molecule has 4 heteroatoms. The lowest BCUT2D eigenvalue weighted by molar-refractivity contribution is -0.147. The molecule has 0 bridgehead atoms. The number of carbonyl (C=O) groups excluding carboxylic acids is 1. The van der Waals surface area contributed by atoms with E-state index in [-0.39, 0.29) is 6.61 Å². The fraction of sp³-hybridized carbons (Fsp3) is 0.571. The third kappa shape index (κ3) is 11.4. The van der Waals surface area contributed by atoms with Crippen LogP contribution in [0.4, 0.5) is 0 Å². The highest BCUT2D eigenvalue weighted by Gasteiger charge is 2.09. The zero-order chi connectivity index (χ0) is 18.2. The fourth-order valence-corrected chi connectivity index (χ4v) is 2.22. The van der Waals surface area contributed by atoms with Crippen LogP contribution in [0.2, 0.25) is 0 Å². The van der Waals surface area contributed by atoms with Crippen molar-refractivity contribution >= 4 is 5.97 Å². The summed E-state index contributed by atoms with van der Waals surface area (Å²) in [5.74, 6) is 5.81. The van der Waals surface area contributed by atoms with Crippen molar-refractivity contribution in [1.82, 2.24) is 0 Å². The molecular formula is C21H30O4. The number of benzene rings is 1. The Balaban J connectivity index is 2.36. The van der Waals surface area contributed by atoms with Gasteiger partial charge in [0.05, 0.1) is 20.3 Å². The smallest absolute Gasteiger partial charge is 0.331 e. The second kappa shape index (κ2) is 14.5. The van der Waals surface area contributed by atoms with E-state index < -0.39 is 12.1 Å². The quantitative estimate of drug-likeness (QED) is 0.324. The Bertz CT molecular complexity index is 516. The van der Waals surface area contributed by atoms with Gasteiger partial charge in [0.15, 0.2) is 0 Å². The molecule has 0 aliphatic rings. The Morgan fingerprint density at radius 1 is 1.12 bits per heavy atom. The first-order chi connectivity index (χ1) is 12.3. The maximum atomic E-state index is 11.3. The van der Waals surface area contributed by atoms with E-state index in [1.165, 1.54) is 32.8 Å². The van der Waals surface area contributed by atoms with Crippen LogP contribution in [0.15, 0.2) is 30.3 Å². The van der Waals surface area contributed by atoms with Crippen molar-refractivity contribution in [3.8, 4) is 11.8 Å². The van der Waals surface area contributed by atoms with Gasteiger partial charge in [0, 0.05) is 6.42 Å². The predicted molar refractivity (Wildman–Crippen MR) is 99.0 cm³/mol.